The molecule has 0 spiro atoms. The molecule has 0 amide bonds. The number of aliphatic imine (C=N–C) groups is 1. The summed E-state index contributed by atoms with van der Waals surface area (Å²) in [5.74, 6) is 3.37. The van der Waals surface area contributed by atoms with Gasteiger partial charge in [-0.25, -0.2) is 0 Å². The Morgan fingerprint density at radius 1 is 1.07 bits per heavy atom. The molecule has 1 saturated heterocycles. The lowest BCUT2D eigenvalue weighted by molar-refractivity contribution is 0.214. The molecular formula is C23H40N4O2. The van der Waals surface area contributed by atoms with Crippen LogP contribution in [0.5, 0.6) is 11.5 Å². The first-order chi connectivity index (χ1) is 14.2. The van der Waals surface area contributed by atoms with Gasteiger partial charge in [0.05, 0.1) is 13.2 Å². The van der Waals surface area contributed by atoms with E-state index >= 15 is 0 Å². The van der Waals surface area contributed by atoms with Gasteiger partial charge < -0.3 is 25.0 Å². The van der Waals surface area contributed by atoms with Gasteiger partial charge in [-0.1, -0.05) is 6.07 Å². The maximum absolute atomic E-state index is 5.73. The average Bonchev–Trinajstić information content (AvgIpc) is 2.71. The Balaban J connectivity index is 1.81. The van der Waals surface area contributed by atoms with Crippen LogP contribution >= 0.6 is 0 Å². The molecule has 1 fully saturated rings. The molecule has 0 aromatic heterocycles. The quantitative estimate of drug-likeness (QED) is 0.438. The molecule has 6 heteroatoms. The Kier molecular flexibility index (Phi) is 10.7. The van der Waals surface area contributed by atoms with E-state index in [0.717, 1.165) is 49.4 Å². The van der Waals surface area contributed by atoms with Gasteiger partial charge in [-0.3, -0.25) is 4.99 Å². The Hall–Kier alpha value is -1.95. The van der Waals surface area contributed by atoms with E-state index in [1.807, 2.05) is 19.9 Å². The van der Waals surface area contributed by atoms with Gasteiger partial charge in [0.25, 0.3) is 0 Å². The van der Waals surface area contributed by atoms with Crippen molar-refractivity contribution in [1.82, 2.24) is 15.5 Å². The molecule has 2 rings (SSSR count). The van der Waals surface area contributed by atoms with Crippen LogP contribution in [0, 0.1) is 5.92 Å². The molecule has 2 N–H and O–H groups in total. The number of ether oxygens (including phenoxy) is 2. The van der Waals surface area contributed by atoms with E-state index < -0.39 is 0 Å². The van der Waals surface area contributed by atoms with Gasteiger partial charge in [-0.15, -0.1) is 0 Å². The molecule has 0 radical (unpaired) electrons. The van der Waals surface area contributed by atoms with E-state index in [0.29, 0.717) is 13.2 Å². The maximum atomic E-state index is 5.73. The summed E-state index contributed by atoms with van der Waals surface area (Å²) < 4.78 is 11.4. The molecule has 0 saturated carbocycles. The third-order valence-corrected chi connectivity index (χ3v) is 5.30. The van der Waals surface area contributed by atoms with E-state index in [1.165, 1.54) is 37.9 Å². The third kappa shape index (κ3) is 8.52. The predicted molar refractivity (Wildman–Crippen MR) is 121 cm³/mol. The molecule has 6 nitrogen and oxygen atoms in total. The Labute approximate surface area is 177 Å². The molecule has 164 valence electrons. The average molecular weight is 405 g/mol. The molecule has 29 heavy (non-hydrogen) atoms. The zero-order chi connectivity index (χ0) is 20.9. The number of nitrogens with one attached hydrogen (secondary N) is 2. The lowest BCUT2D eigenvalue weighted by Gasteiger charge is -2.28. The highest BCUT2D eigenvalue weighted by molar-refractivity contribution is 5.79. The first-order valence-corrected chi connectivity index (χ1v) is 11.2. The summed E-state index contributed by atoms with van der Waals surface area (Å²) in [6.45, 7) is 12.4. The molecule has 1 aliphatic heterocycles. The van der Waals surface area contributed by atoms with Crippen molar-refractivity contribution >= 4 is 5.96 Å². The Morgan fingerprint density at radius 3 is 2.48 bits per heavy atom. The molecule has 0 unspecified atom stereocenters. The molecule has 1 aromatic carbocycles. The van der Waals surface area contributed by atoms with Crippen LogP contribution in [0.1, 0.15) is 45.6 Å². The van der Waals surface area contributed by atoms with Crippen molar-refractivity contribution in [1.29, 1.82) is 0 Å². The zero-order valence-electron chi connectivity index (χ0n) is 18.8. The van der Waals surface area contributed by atoms with Crippen LogP contribution < -0.4 is 20.1 Å². The second kappa shape index (κ2) is 13.3. The highest BCUT2D eigenvalue weighted by atomic mass is 16.5. The van der Waals surface area contributed by atoms with Gasteiger partial charge >= 0.3 is 0 Å². The van der Waals surface area contributed by atoms with Gasteiger partial charge in [0.2, 0.25) is 0 Å². The van der Waals surface area contributed by atoms with Crippen molar-refractivity contribution in [2.45, 2.75) is 46.5 Å². The smallest absolute Gasteiger partial charge is 0.191 e. The van der Waals surface area contributed by atoms with Crippen LogP contribution in [0.3, 0.4) is 0 Å². The van der Waals surface area contributed by atoms with Crippen LogP contribution in [0.25, 0.3) is 0 Å². The van der Waals surface area contributed by atoms with Crippen LogP contribution in [0.15, 0.2) is 23.2 Å². The summed E-state index contributed by atoms with van der Waals surface area (Å²) >= 11 is 0. The van der Waals surface area contributed by atoms with Crippen LogP contribution in [-0.4, -0.2) is 63.8 Å². The molecule has 1 heterocycles. The number of benzene rings is 1. The zero-order valence-corrected chi connectivity index (χ0v) is 18.8. The maximum Gasteiger partial charge on any atom is 0.191 e. The minimum absolute atomic E-state index is 0.635. The SMILES string of the molecule is CCNC(=NCCC1CCN(C)CC1)NCCc1ccc(OCC)c(OCC)c1. The number of likely N-dealkylation sites (tertiary alicyclic amines) is 1. The van der Waals surface area contributed by atoms with E-state index in [-0.39, 0.29) is 0 Å². The lowest BCUT2D eigenvalue weighted by atomic mass is 9.94. The lowest BCUT2D eigenvalue weighted by Crippen LogP contribution is -2.38. The minimum atomic E-state index is 0.635. The van der Waals surface area contributed by atoms with Crippen molar-refractivity contribution in [3.05, 3.63) is 23.8 Å². The minimum Gasteiger partial charge on any atom is -0.490 e. The molecule has 0 atom stereocenters. The Morgan fingerprint density at radius 2 is 1.79 bits per heavy atom. The standard InChI is InChI=1S/C23H40N4O2/c1-5-24-23(25-14-10-19-12-16-27(4)17-13-19)26-15-11-20-8-9-21(28-6-2)22(18-20)29-7-3/h8-9,18-19H,5-7,10-17H2,1-4H3,(H2,24,25,26). The summed E-state index contributed by atoms with van der Waals surface area (Å²) in [5.41, 5.74) is 1.23. The van der Waals surface area contributed by atoms with Gasteiger partial charge in [-0.2, -0.15) is 0 Å². The molecule has 0 bridgehead atoms. The monoisotopic (exact) mass is 404 g/mol. The highest BCUT2D eigenvalue weighted by Crippen LogP contribution is 2.28. The Bertz CT molecular complexity index is 613. The number of piperidine rings is 1. The van der Waals surface area contributed by atoms with Crippen LogP contribution in [0.2, 0.25) is 0 Å². The van der Waals surface area contributed by atoms with Gasteiger partial charge in [0.1, 0.15) is 0 Å². The molecular weight excluding hydrogens is 364 g/mol. The van der Waals surface area contributed by atoms with Gasteiger partial charge in [0.15, 0.2) is 17.5 Å². The fourth-order valence-corrected chi connectivity index (χ4v) is 3.63. The second-order valence-corrected chi connectivity index (χ2v) is 7.62. The summed E-state index contributed by atoms with van der Waals surface area (Å²) in [6.07, 6.45) is 4.69. The summed E-state index contributed by atoms with van der Waals surface area (Å²) in [7, 11) is 2.21. The van der Waals surface area contributed by atoms with E-state index in [9.17, 15) is 0 Å². The van der Waals surface area contributed by atoms with Crippen molar-refractivity contribution in [2.75, 3.05) is 53.0 Å². The molecule has 1 aromatic rings. The second-order valence-electron chi connectivity index (χ2n) is 7.62. The fourth-order valence-electron chi connectivity index (χ4n) is 3.63. The van der Waals surface area contributed by atoms with Crippen molar-refractivity contribution in [3.63, 3.8) is 0 Å². The number of hydrogen-bond donors (Lipinski definition) is 2. The van der Waals surface area contributed by atoms with Crippen molar-refractivity contribution < 1.29 is 9.47 Å². The van der Waals surface area contributed by atoms with E-state index in [2.05, 4.69) is 41.6 Å². The van der Waals surface area contributed by atoms with Crippen molar-refractivity contribution in [2.24, 2.45) is 10.9 Å². The van der Waals surface area contributed by atoms with E-state index in [4.69, 9.17) is 14.5 Å². The molecule has 0 aliphatic carbocycles. The number of guanidine groups is 1. The first-order valence-electron chi connectivity index (χ1n) is 11.2. The highest BCUT2D eigenvalue weighted by Gasteiger charge is 2.16. The van der Waals surface area contributed by atoms with Crippen LogP contribution in [0.4, 0.5) is 0 Å². The fraction of sp³-hybridized carbons (Fsp3) is 0.696. The third-order valence-electron chi connectivity index (χ3n) is 5.30. The summed E-state index contributed by atoms with van der Waals surface area (Å²) in [6, 6.07) is 6.20. The summed E-state index contributed by atoms with van der Waals surface area (Å²) in [4.78, 5) is 7.20. The first kappa shape index (κ1) is 23.3. The number of nitrogens with zero attached hydrogens (tertiary/aromatic N) is 2. The molecule has 1 aliphatic rings. The number of rotatable bonds is 11. The summed E-state index contributed by atoms with van der Waals surface area (Å²) in [5, 5.41) is 6.82. The van der Waals surface area contributed by atoms with Crippen molar-refractivity contribution in [3.8, 4) is 11.5 Å². The van der Waals surface area contributed by atoms with Gasteiger partial charge in [-0.05, 0) is 90.2 Å². The van der Waals surface area contributed by atoms with Gasteiger partial charge in [0, 0.05) is 19.6 Å². The normalized spacial score (nSPS) is 15.9. The van der Waals surface area contributed by atoms with E-state index in [1.54, 1.807) is 0 Å². The predicted octanol–water partition coefficient (Wildman–Crippen LogP) is 3.31. The number of hydrogen-bond acceptors (Lipinski definition) is 4. The topological polar surface area (TPSA) is 58.1 Å². The largest absolute Gasteiger partial charge is 0.490 e. The van der Waals surface area contributed by atoms with Crippen LogP contribution in [-0.2, 0) is 6.42 Å².